The molecule has 0 saturated carbocycles. The second kappa shape index (κ2) is 6.58. The van der Waals surface area contributed by atoms with E-state index in [2.05, 4.69) is 4.72 Å². The largest absolute Gasteiger partial charge is 0.293 e. The zero-order valence-corrected chi connectivity index (χ0v) is 13.2. The van der Waals surface area contributed by atoms with E-state index < -0.39 is 10.0 Å². The molecule has 2 aromatic carbocycles. The molecule has 5 heteroatoms. The number of allylic oxidation sites excluding steroid dienone is 1. The predicted octanol–water partition coefficient (Wildman–Crippen LogP) is 2.90. The molecule has 4 nitrogen and oxygen atoms in total. The average molecular weight is 315 g/mol. The van der Waals surface area contributed by atoms with Crippen molar-refractivity contribution in [3.05, 3.63) is 71.4 Å². The van der Waals surface area contributed by atoms with Gasteiger partial charge in [-0.25, -0.2) is 8.42 Å². The fourth-order valence-electron chi connectivity index (χ4n) is 1.84. The molecular formula is C17H17NO3S. The highest BCUT2D eigenvalue weighted by molar-refractivity contribution is 7.89. The zero-order chi connectivity index (χ0) is 16.2. The summed E-state index contributed by atoms with van der Waals surface area (Å²) in [6.07, 6.45) is 1.52. The number of ketones is 1. The summed E-state index contributed by atoms with van der Waals surface area (Å²) >= 11 is 0. The van der Waals surface area contributed by atoms with Crippen molar-refractivity contribution in [2.24, 2.45) is 0 Å². The van der Waals surface area contributed by atoms with Gasteiger partial charge in [-0.2, -0.15) is 0 Å². The highest BCUT2D eigenvalue weighted by atomic mass is 32.2. The van der Waals surface area contributed by atoms with Gasteiger partial charge < -0.3 is 0 Å². The molecule has 0 fully saturated rings. The summed E-state index contributed by atoms with van der Waals surface area (Å²) in [5, 5.41) is 0. The van der Waals surface area contributed by atoms with E-state index in [9.17, 15) is 13.2 Å². The summed E-state index contributed by atoms with van der Waals surface area (Å²) in [5.74, 6) is -0.348. The summed E-state index contributed by atoms with van der Waals surface area (Å²) in [6.45, 7) is 3.20. The minimum absolute atomic E-state index is 0.0341. The standard InChI is InChI=1S/C17H17NO3S/c1-13-8-10-16(11-9-13)22(20,21)18-17(14(2)19)12-15-6-4-3-5-7-15/h3-12,18H,1-2H3/b17-12+. The van der Waals surface area contributed by atoms with Crippen molar-refractivity contribution in [2.75, 3.05) is 0 Å². The Kier molecular flexibility index (Phi) is 4.78. The van der Waals surface area contributed by atoms with Crippen LogP contribution in [-0.4, -0.2) is 14.2 Å². The lowest BCUT2D eigenvalue weighted by molar-refractivity contribution is -0.113. The number of benzene rings is 2. The van der Waals surface area contributed by atoms with Crippen LogP contribution in [0, 0.1) is 6.92 Å². The first-order valence-electron chi connectivity index (χ1n) is 6.76. The first kappa shape index (κ1) is 16.0. The van der Waals surface area contributed by atoms with Crippen LogP contribution in [0.15, 0.2) is 65.2 Å². The van der Waals surface area contributed by atoms with E-state index in [-0.39, 0.29) is 16.4 Å². The normalized spacial score (nSPS) is 12.0. The van der Waals surface area contributed by atoms with Crippen LogP contribution in [0.4, 0.5) is 0 Å². The van der Waals surface area contributed by atoms with Crippen molar-refractivity contribution in [1.29, 1.82) is 0 Å². The van der Waals surface area contributed by atoms with Crippen molar-refractivity contribution in [3.63, 3.8) is 0 Å². The summed E-state index contributed by atoms with van der Waals surface area (Å²) in [6, 6.07) is 15.5. The lowest BCUT2D eigenvalue weighted by Gasteiger charge is -2.10. The lowest BCUT2D eigenvalue weighted by atomic mass is 10.2. The van der Waals surface area contributed by atoms with Crippen LogP contribution in [-0.2, 0) is 14.8 Å². The van der Waals surface area contributed by atoms with E-state index in [1.165, 1.54) is 25.1 Å². The monoisotopic (exact) mass is 315 g/mol. The first-order valence-corrected chi connectivity index (χ1v) is 8.24. The van der Waals surface area contributed by atoms with Gasteiger partial charge in [-0.1, -0.05) is 48.0 Å². The van der Waals surface area contributed by atoms with Crippen LogP contribution in [0.2, 0.25) is 0 Å². The lowest BCUT2D eigenvalue weighted by Crippen LogP contribution is -2.26. The van der Waals surface area contributed by atoms with E-state index in [1.54, 1.807) is 24.3 Å². The van der Waals surface area contributed by atoms with E-state index >= 15 is 0 Å². The maximum absolute atomic E-state index is 12.3. The summed E-state index contributed by atoms with van der Waals surface area (Å²) < 4.78 is 27.0. The molecule has 0 saturated heterocycles. The number of sulfonamides is 1. The van der Waals surface area contributed by atoms with Crippen LogP contribution in [0.25, 0.3) is 6.08 Å². The summed E-state index contributed by atoms with van der Waals surface area (Å²) in [5.41, 5.74) is 1.75. The van der Waals surface area contributed by atoms with Crippen molar-refractivity contribution in [3.8, 4) is 0 Å². The number of carbonyl (C=O) groups is 1. The van der Waals surface area contributed by atoms with Gasteiger partial charge in [0.25, 0.3) is 10.0 Å². The molecule has 0 aliphatic rings. The number of nitrogens with one attached hydrogen (secondary N) is 1. The third-order valence-electron chi connectivity index (χ3n) is 3.07. The smallest absolute Gasteiger partial charge is 0.262 e. The maximum atomic E-state index is 12.3. The zero-order valence-electron chi connectivity index (χ0n) is 12.4. The van der Waals surface area contributed by atoms with Crippen molar-refractivity contribution >= 4 is 21.9 Å². The van der Waals surface area contributed by atoms with Crippen LogP contribution >= 0.6 is 0 Å². The molecule has 0 atom stereocenters. The van der Waals surface area contributed by atoms with E-state index in [1.807, 2.05) is 25.1 Å². The van der Waals surface area contributed by atoms with Gasteiger partial charge in [0.1, 0.15) is 0 Å². The average Bonchev–Trinajstić information content (AvgIpc) is 2.48. The van der Waals surface area contributed by atoms with Crippen LogP contribution in [0.5, 0.6) is 0 Å². The predicted molar refractivity (Wildman–Crippen MR) is 86.6 cm³/mol. The molecule has 22 heavy (non-hydrogen) atoms. The van der Waals surface area contributed by atoms with Gasteiger partial charge in [-0.05, 0) is 30.7 Å². The molecule has 114 valence electrons. The van der Waals surface area contributed by atoms with Gasteiger partial charge in [0.2, 0.25) is 0 Å². The van der Waals surface area contributed by atoms with Crippen LogP contribution in [0.1, 0.15) is 18.1 Å². The Labute approximate surface area is 130 Å². The van der Waals surface area contributed by atoms with Gasteiger partial charge in [-0.3, -0.25) is 9.52 Å². The SMILES string of the molecule is CC(=O)/C(=C\c1ccccc1)NS(=O)(=O)c1ccc(C)cc1. The molecule has 0 bridgehead atoms. The van der Waals surface area contributed by atoms with Crippen LogP contribution in [0.3, 0.4) is 0 Å². The molecule has 0 unspecified atom stereocenters. The number of rotatable bonds is 5. The fourth-order valence-corrected chi connectivity index (χ4v) is 2.94. The third kappa shape index (κ3) is 4.05. The Hall–Kier alpha value is -2.40. The quantitative estimate of drug-likeness (QED) is 0.863. The molecular weight excluding hydrogens is 298 g/mol. The second-order valence-electron chi connectivity index (χ2n) is 4.94. The Morgan fingerprint density at radius 3 is 2.14 bits per heavy atom. The van der Waals surface area contributed by atoms with E-state index in [4.69, 9.17) is 0 Å². The van der Waals surface area contributed by atoms with Crippen molar-refractivity contribution < 1.29 is 13.2 Å². The molecule has 0 aromatic heterocycles. The molecule has 0 aliphatic carbocycles. The van der Waals surface area contributed by atoms with E-state index in [0.29, 0.717) is 0 Å². The second-order valence-corrected chi connectivity index (χ2v) is 6.63. The molecule has 1 N–H and O–H groups in total. The molecule has 2 rings (SSSR count). The Bertz CT molecular complexity index is 792. The van der Waals surface area contributed by atoms with Gasteiger partial charge in [0.15, 0.2) is 5.78 Å². The van der Waals surface area contributed by atoms with Gasteiger partial charge in [0.05, 0.1) is 10.6 Å². The molecule has 0 amide bonds. The molecule has 0 spiro atoms. The van der Waals surface area contributed by atoms with Gasteiger partial charge in [0, 0.05) is 6.92 Å². The Morgan fingerprint density at radius 1 is 1.00 bits per heavy atom. The van der Waals surface area contributed by atoms with Crippen molar-refractivity contribution in [2.45, 2.75) is 18.7 Å². The minimum Gasteiger partial charge on any atom is -0.293 e. The molecule has 2 aromatic rings. The Balaban J connectivity index is 2.34. The fraction of sp³-hybridized carbons (Fsp3) is 0.118. The number of aryl methyl sites for hydroxylation is 1. The molecule has 0 aliphatic heterocycles. The third-order valence-corrected chi connectivity index (χ3v) is 4.45. The molecule has 0 heterocycles. The number of Topliss-reactive ketones (excluding diaryl/α,β-unsaturated/α-hetero) is 1. The number of hydrogen-bond acceptors (Lipinski definition) is 3. The first-order chi connectivity index (χ1) is 10.4. The summed E-state index contributed by atoms with van der Waals surface area (Å²) in [4.78, 5) is 11.8. The van der Waals surface area contributed by atoms with Gasteiger partial charge in [-0.15, -0.1) is 0 Å². The summed E-state index contributed by atoms with van der Waals surface area (Å²) in [7, 11) is -3.78. The van der Waals surface area contributed by atoms with Crippen molar-refractivity contribution in [1.82, 2.24) is 4.72 Å². The van der Waals surface area contributed by atoms with Crippen LogP contribution < -0.4 is 4.72 Å². The highest BCUT2D eigenvalue weighted by Gasteiger charge is 2.17. The van der Waals surface area contributed by atoms with E-state index in [0.717, 1.165) is 11.1 Å². The Morgan fingerprint density at radius 2 is 1.59 bits per heavy atom. The topological polar surface area (TPSA) is 63.2 Å². The molecule has 0 radical (unpaired) electrons. The maximum Gasteiger partial charge on any atom is 0.262 e. The minimum atomic E-state index is -3.78. The number of carbonyl (C=O) groups excluding carboxylic acids is 1. The highest BCUT2D eigenvalue weighted by Crippen LogP contribution is 2.13. The number of hydrogen-bond donors (Lipinski definition) is 1. The van der Waals surface area contributed by atoms with Gasteiger partial charge >= 0.3 is 0 Å².